The first-order chi connectivity index (χ1) is 10.2. The molecule has 1 amide bonds. The SMILES string of the molecule is COc1ccccc1-c1nnc([C@H]2CCN(C(C)=O)C2)o1. The summed E-state index contributed by atoms with van der Waals surface area (Å²) in [5.74, 6) is 1.93. The van der Waals surface area contributed by atoms with E-state index in [0.29, 0.717) is 24.1 Å². The van der Waals surface area contributed by atoms with Gasteiger partial charge in [0.1, 0.15) is 5.75 Å². The van der Waals surface area contributed by atoms with Crippen molar-refractivity contribution >= 4 is 5.91 Å². The van der Waals surface area contributed by atoms with Crippen molar-refractivity contribution in [3.05, 3.63) is 30.2 Å². The third-order valence-corrected chi connectivity index (χ3v) is 3.76. The predicted octanol–water partition coefficient (Wildman–Crippen LogP) is 2.08. The van der Waals surface area contributed by atoms with E-state index in [0.717, 1.165) is 18.5 Å². The minimum atomic E-state index is 0.0852. The van der Waals surface area contributed by atoms with Gasteiger partial charge >= 0.3 is 0 Å². The van der Waals surface area contributed by atoms with Crippen molar-refractivity contribution < 1.29 is 13.9 Å². The molecule has 2 heterocycles. The second-order valence-electron chi connectivity index (χ2n) is 5.10. The molecule has 0 aliphatic carbocycles. The summed E-state index contributed by atoms with van der Waals surface area (Å²) in [5.41, 5.74) is 0.778. The maximum absolute atomic E-state index is 11.4. The first-order valence-electron chi connectivity index (χ1n) is 6.91. The Morgan fingerprint density at radius 2 is 2.19 bits per heavy atom. The largest absolute Gasteiger partial charge is 0.496 e. The van der Waals surface area contributed by atoms with Gasteiger partial charge in [-0.3, -0.25) is 4.79 Å². The van der Waals surface area contributed by atoms with Gasteiger partial charge in [0, 0.05) is 20.0 Å². The lowest BCUT2D eigenvalue weighted by molar-refractivity contribution is -0.127. The fraction of sp³-hybridized carbons (Fsp3) is 0.400. The number of aromatic nitrogens is 2. The monoisotopic (exact) mass is 287 g/mol. The van der Waals surface area contributed by atoms with Crippen LogP contribution in [0.5, 0.6) is 5.75 Å². The van der Waals surface area contributed by atoms with Gasteiger partial charge in [-0.1, -0.05) is 12.1 Å². The normalized spacial score (nSPS) is 18.0. The van der Waals surface area contributed by atoms with Crippen molar-refractivity contribution in [3.63, 3.8) is 0 Å². The molecule has 1 atom stereocenters. The van der Waals surface area contributed by atoms with Crippen molar-refractivity contribution in [2.45, 2.75) is 19.3 Å². The smallest absolute Gasteiger partial charge is 0.251 e. The van der Waals surface area contributed by atoms with E-state index in [2.05, 4.69) is 10.2 Å². The number of carbonyl (C=O) groups is 1. The Morgan fingerprint density at radius 1 is 1.38 bits per heavy atom. The van der Waals surface area contributed by atoms with Crippen LogP contribution in [-0.4, -0.2) is 41.2 Å². The highest BCUT2D eigenvalue weighted by molar-refractivity contribution is 5.73. The molecule has 6 heteroatoms. The summed E-state index contributed by atoms with van der Waals surface area (Å²) < 4.78 is 11.1. The Kier molecular flexibility index (Phi) is 3.60. The number of hydrogen-bond donors (Lipinski definition) is 0. The molecule has 0 saturated carbocycles. The zero-order valence-corrected chi connectivity index (χ0v) is 12.1. The summed E-state index contributed by atoms with van der Waals surface area (Å²) in [6.07, 6.45) is 0.854. The summed E-state index contributed by atoms with van der Waals surface area (Å²) in [4.78, 5) is 13.2. The number of carbonyl (C=O) groups excluding carboxylic acids is 1. The van der Waals surface area contributed by atoms with Crippen LogP contribution in [0.2, 0.25) is 0 Å². The van der Waals surface area contributed by atoms with Gasteiger partial charge < -0.3 is 14.1 Å². The Hall–Kier alpha value is -2.37. The van der Waals surface area contributed by atoms with Crippen molar-refractivity contribution in [2.24, 2.45) is 0 Å². The average molecular weight is 287 g/mol. The molecule has 21 heavy (non-hydrogen) atoms. The third kappa shape index (κ3) is 2.61. The van der Waals surface area contributed by atoms with Crippen molar-refractivity contribution in [3.8, 4) is 17.2 Å². The Morgan fingerprint density at radius 3 is 2.90 bits per heavy atom. The van der Waals surface area contributed by atoms with Crippen LogP contribution in [0, 0.1) is 0 Å². The zero-order valence-electron chi connectivity index (χ0n) is 12.1. The highest BCUT2D eigenvalue weighted by Gasteiger charge is 2.29. The van der Waals surface area contributed by atoms with Crippen LogP contribution in [-0.2, 0) is 4.79 Å². The van der Waals surface area contributed by atoms with Crippen LogP contribution in [0.25, 0.3) is 11.5 Å². The molecule has 1 aliphatic heterocycles. The van der Waals surface area contributed by atoms with Crippen molar-refractivity contribution in [1.29, 1.82) is 0 Å². The molecular weight excluding hydrogens is 270 g/mol. The number of nitrogens with zero attached hydrogens (tertiary/aromatic N) is 3. The Bertz CT molecular complexity index is 653. The van der Waals surface area contributed by atoms with Gasteiger partial charge in [0.2, 0.25) is 11.8 Å². The molecule has 1 saturated heterocycles. The van der Waals surface area contributed by atoms with Gasteiger partial charge in [-0.25, -0.2) is 0 Å². The van der Waals surface area contributed by atoms with Gasteiger partial charge in [0.05, 0.1) is 18.6 Å². The molecule has 1 fully saturated rings. The fourth-order valence-corrected chi connectivity index (χ4v) is 2.58. The van der Waals surface area contributed by atoms with Gasteiger partial charge in [-0.2, -0.15) is 0 Å². The molecule has 0 unspecified atom stereocenters. The number of likely N-dealkylation sites (tertiary alicyclic amines) is 1. The fourth-order valence-electron chi connectivity index (χ4n) is 2.58. The minimum Gasteiger partial charge on any atom is -0.496 e. The number of para-hydroxylation sites is 1. The van der Waals surface area contributed by atoms with E-state index in [1.54, 1.807) is 18.9 Å². The number of ether oxygens (including phenoxy) is 1. The molecule has 1 aromatic carbocycles. The lowest BCUT2D eigenvalue weighted by atomic mass is 10.1. The van der Waals surface area contributed by atoms with Crippen LogP contribution in [0.3, 0.4) is 0 Å². The predicted molar refractivity (Wildman–Crippen MR) is 75.9 cm³/mol. The highest BCUT2D eigenvalue weighted by atomic mass is 16.5. The summed E-state index contributed by atoms with van der Waals surface area (Å²) in [6.45, 7) is 2.96. The molecule has 0 bridgehead atoms. The summed E-state index contributed by atoms with van der Waals surface area (Å²) in [5, 5.41) is 8.24. The average Bonchev–Trinajstić information content (AvgIpc) is 3.16. The standard InChI is InChI=1S/C15H17N3O3/c1-10(19)18-8-7-11(9-18)14-16-17-15(21-14)12-5-3-4-6-13(12)20-2/h3-6,11H,7-9H2,1-2H3/t11-/m0/s1. The van der Waals surface area contributed by atoms with E-state index in [9.17, 15) is 4.79 Å². The molecule has 110 valence electrons. The molecule has 0 spiro atoms. The van der Waals surface area contributed by atoms with E-state index in [-0.39, 0.29) is 11.8 Å². The number of benzene rings is 1. The topological polar surface area (TPSA) is 68.5 Å². The summed E-state index contributed by atoms with van der Waals surface area (Å²) in [7, 11) is 1.61. The highest BCUT2D eigenvalue weighted by Crippen LogP contribution is 2.32. The second-order valence-corrected chi connectivity index (χ2v) is 5.10. The number of rotatable bonds is 3. The van der Waals surface area contributed by atoms with Gasteiger partial charge in [0.15, 0.2) is 0 Å². The van der Waals surface area contributed by atoms with E-state index in [1.165, 1.54) is 0 Å². The van der Waals surface area contributed by atoms with Crippen LogP contribution in [0.15, 0.2) is 28.7 Å². The van der Waals surface area contributed by atoms with Crippen LogP contribution < -0.4 is 4.74 Å². The van der Waals surface area contributed by atoms with Crippen molar-refractivity contribution in [2.75, 3.05) is 20.2 Å². The maximum Gasteiger partial charge on any atom is 0.251 e. The molecule has 3 rings (SSSR count). The Labute approximate surface area is 122 Å². The first kappa shape index (κ1) is 13.6. The van der Waals surface area contributed by atoms with Crippen LogP contribution in [0.1, 0.15) is 25.2 Å². The molecule has 1 aromatic heterocycles. The van der Waals surface area contributed by atoms with E-state index in [1.807, 2.05) is 24.3 Å². The van der Waals surface area contributed by atoms with Gasteiger partial charge in [-0.15, -0.1) is 10.2 Å². The van der Waals surface area contributed by atoms with E-state index in [4.69, 9.17) is 9.15 Å². The van der Waals surface area contributed by atoms with Gasteiger partial charge in [0.25, 0.3) is 5.89 Å². The third-order valence-electron chi connectivity index (χ3n) is 3.76. The minimum absolute atomic E-state index is 0.0852. The molecular formula is C15H17N3O3. The summed E-state index contributed by atoms with van der Waals surface area (Å²) >= 11 is 0. The van der Waals surface area contributed by atoms with E-state index < -0.39 is 0 Å². The lowest BCUT2D eigenvalue weighted by Gasteiger charge is -2.11. The molecule has 6 nitrogen and oxygen atoms in total. The van der Waals surface area contributed by atoms with Crippen LogP contribution in [0.4, 0.5) is 0 Å². The summed E-state index contributed by atoms with van der Waals surface area (Å²) in [6, 6.07) is 7.52. The molecule has 1 aliphatic rings. The maximum atomic E-state index is 11.4. The molecule has 0 radical (unpaired) electrons. The molecule has 2 aromatic rings. The lowest BCUT2D eigenvalue weighted by Crippen LogP contribution is -2.25. The Balaban J connectivity index is 1.82. The first-order valence-corrected chi connectivity index (χ1v) is 6.91. The van der Waals surface area contributed by atoms with E-state index >= 15 is 0 Å². The molecule has 0 N–H and O–H groups in total. The zero-order chi connectivity index (χ0) is 14.8. The quantitative estimate of drug-likeness (QED) is 0.864. The van der Waals surface area contributed by atoms with Gasteiger partial charge in [-0.05, 0) is 18.6 Å². The number of methoxy groups -OCH3 is 1. The van der Waals surface area contributed by atoms with Crippen LogP contribution >= 0.6 is 0 Å². The second kappa shape index (κ2) is 5.55. The number of amides is 1. The number of hydrogen-bond acceptors (Lipinski definition) is 5. The van der Waals surface area contributed by atoms with Crippen molar-refractivity contribution in [1.82, 2.24) is 15.1 Å².